The average molecular weight is 114 g/mol. The minimum atomic E-state index is -0.321. The number of hydrogen-bond acceptors (Lipinski definition) is 3. The van der Waals surface area contributed by atoms with E-state index in [1.807, 2.05) is 6.07 Å². The topological polar surface area (TPSA) is 59.0 Å². The molecule has 0 aromatic heterocycles. The van der Waals surface area contributed by atoms with Crippen LogP contribution in [0.4, 0.5) is 0 Å². The molecule has 0 aromatic carbocycles. The van der Waals surface area contributed by atoms with Gasteiger partial charge in [-0.1, -0.05) is 0 Å². The van der Waals surface area contributed by atoms with E-state index in [2.05, 4.69) is 0 Å². The Hall–Kier alpha value is -0.590. The largest absolute Gasteiger partial charge is 0.362 e. The Morgan fingerprint density at radius 3 is 2.88 bits per heavy atom. The van der Waals surface area contributed by atoms with Gasteiger partial charge in [0, 0.05) is 6.54 Å². The molecule has 8 heavy (non-hydrogen) atoms. The summed E-state index contributed by atoms with van der Waals surface area (Å²) < 4.78 is 4.85. The Labute approximate surface area is 49.0 Å². The second-order valence-corrected chi connectivity index (χ2v) is 1.43. The standard InChI is InChI=1S/C5H10N2O/c1-5(4-7)8-3-2-6/h5H,2-3,6H2,1H3. The van der Waals surface area contributed by atoms with Gasteiger partial charge in [0.1, 0.15) is 6.10 Å². The van der Waals surface area contributed by atoms with E-state index in [0.717, 1.165) is 0 Å². The molecule has 2 N–H and O–H groups in total. The van der Waals surface area contributed by atoms with E-state index < -0.39 is 0 Å². The summed E-state index contributed by atoms with van der Waals surface area (Å²) in [5, 5.41) is 8.15. The van der Waals surface area contributed by atoms with Gasteiger partial charge in [-0.25, -0.2) is 0 Å². The number of nitrogens with two attached hydrogens (primary N) is 1. The first-order valence-electron chi connectivity index (χ1n) is 2.52. The Bertz CT molecular complexity index is 86.9. The van der Waals surface area contributed by atoms with Gasteiger partial charge in [-0.3, -0.25) is 0 Å². The molecule has 0 aliphatic carbocycles. The zero-order valence-corrected chi connectivity index (χ0v) is 4.92. The molecule has 0 rings (SSSR count). The van der Waals surface area contributed by atoms with Crippen molar-refractivity contribution in [1.82, 2.24) is 0 Å². The number of nitriles is 1. The molecule has 3 nitrogen and oxygen atoms in total. The third kappa shape index (κ3) is 3.59. The zero-order chi connectivity index (χ0) is 6.41. The van der Waals surface area contributed by atoms with Crippen molar-refractivity contribution in [3.05, 3.63) is 0 Å². The van der Waals surface area contributed by atoms with Gasteiger partial charge < -0.3 is 10.5 Å². The minimum absolute atomic E-state index is 0.321. The molecule has 3 heteroatoms. The summed E-state index contributed by atoms with van der Waals surface area (Å²) in [5.41, 5.74) is 5.10. The maximum Gasteiger partial charge on any atom is 0.141 e. The highest BCUT2D eigenvalue weighted by Gasteiger charge is 1.94. The van der Waals surface area contributed by atoms with Crippen LogP contribution in [0.2, 0.25) is 0 Å². The summed E-state index contributed by atoms with van der Waals surface area (Å²) in [6, 6.07) is 1.92. The molecule has 1 unspecified atom stereocenters. The van der Waals surface area contributed by atoms with Gasteiger partial charge in [0.05, 0.1) is 12.7 Å². The van der Waals surface area contributed by atoms with E-state index in [1.54, 1.807) is 6.92 Å². The summed E-state index contributed by atoms with van der Waals surface area (Å²) in [7, 11) is 0. The molecule has 0 bridgehead atoms. The molecule has 0 amide bonds. The molecule has 0 radical (unpaired) electrons. The van der Waals surface area contributed by atoms with E-state index in [-0.39, 0.29) is 6.10 Å². The van der Waals surface area contributed by atoms with Crippen molar-refractivity contribution in [2.24, 2.45) is 5.73 Å². The number of hydrogen-bond donors (Lipinski definition) is 1. The van der Waals surface area contributed by atoms with Gasteiger partial charge >= 0.3 is 0 Å². The van der Waals surface area contributed by atoms with Crippen molar-refractivity contribution < 1.29 is 4.74 Å². The highest BCUT2D eigenvalue weighted by atomic mass is 16.5. The van der Waals surface area contributed by atoms with E-state index in [4.69, 9.17) is 15.7 Å². The van der Waals surface area contributed by atoms with Crippen LogP contribution in [0.1, 0.15) is 6.92 Å². The van der Waals surface area contributed by atoms with E-state index >= 15 is 0 Å². The maximum absolute atomic E-state index is 8.15. The highest BCUT2D eigenvalue weighted by Crippen LogP contribution is 1.83. The number of rotatable bonds is 3. The molecule has 0 spiro atoms. The molecule has 1 atom stereocenters. The van der Waals surface area contributed by atoms with Gasteiger partial charge in [0.15, 0.2) is 0 Å². The lowest BCUT2D eigenvalue weighted by atomic mass is 10.5. The second-order valence-electron chi connectivity index (χ2n) is 1.43. The Morgan fingerprint density at radius 2 is 2.50 bits per heavy atom. The molecule has 0 saturated heterocycles. The lowest BCUT2D eigenvalue weighted by Gasteiger charge is -2.00. The van der Waals surface area contributed by atoms with Crippen molar-refractivity contribution in [2.75, 3.05) is 13.2 Å². The Balaban J connectivity index is 3.02. The normalized spacial score (nSPS) is 12.6. The average Bonchev–Trinajstić information content (AvgIpc) is 1.83. The zero-order valence-electron chi connectivity index (χ0n) is 4.92. The monoisotopic (exact) mass is 114 g/mol. The number of nitrogens with zero attached hydrogens (tertiary/aromatic N) is 1. The molecular formula is C5H10N2O. The summed E-state index contributed by atoms with van der Waals surface area (Å²) >= 11 is 0. The maximum atomic E-state index is 8.15. The fourth-order valence-electron chi connectivity index (χ4n) is 0.282. The van der Waals surface area contributed by atoms with Crippen LogP contribution in [0.25, 0.3) is 0 Å². The first-order chi connectivity index (χ1) is 3.81. The van der Waals surface area contributed by atoms with E-state index in [9.17, 15) is 0 Å². The van der Waals surface area contributed by atoms with Crippen LogP contribution in [-0.4, -0.2) is 19.3 Å². The lowest BCUT2D eigenvalue weighted by Crippen LogP contribution is -2.13. The summed E-state index contributed by atoms with van der Waals surface area (Å²) in [4.78, 5) is 0. The van der Waals surface area contributed by atoms with Gasteiger partial charge in [-0.15, -0.1) is 0 Å². The minimum Gasteiger partial charge on any atom is -0.362 e. The van der Waals surface area contributed by atoms with E-state index in [1.165, 1.54) is 0 Å². The first-order valence-corrected chi connectivity index (χ1v) is 2.52. The molecule has 46 valence electrons. The third-order valence-corrected chi connectivity index (χ3v) is 0.668. The molecule has 0 heterocycles. The summed E-state index contributed by atoms with van der Waals surface area (Å²) in [6.45, 7) is 2.64. The van der Waals surface area contributed by atoms with Crippen molar-refractivity contribution in [2.45, 2.75) is 13.0 Å². The molecule has 0 aliphatic heterocycles. The number of ether oxygens (including phenoxy) is 1. The predicted molar refractivity (Wildman–Crippen MR) is 30.1 cm³/mol. The second kappa shape index (κ2) is 4.57. The first kappa shape index (κ1) is 7.41. The van der Waals surface area contributed by atoms with Gasteiger partial charge in [-0.2, -0.15) is 5.26 Å². The van der Waals surface area contributed by atoms with E-state index in [0.29, 0.717) is 13.2 Å². The molecule has 0 aromatic rings. The Kier molecular flexibility index (Phi) is 4.23. The van der Waals surface area contributed by atoms with Crippen molar-refractivity contribution in [1.29, 1.82) is 5.26 Å². The molecular weight excluding hydrogens is 104 g/mol. The fourth-order valence-corrected chi connectivity index (χ4v) is 0.282. The lowest BCUT2D eigenvalue weighted by molar-refractivity contribution is 0.109. The molecule has 0 fully saturated rings. The van der Waals surface area contributed by atoms with Gasteiger partial charge in [-0.05, 0) is 6.92 Å². The quantitative estimate of drug-likeness (QED) is 0.556. The van der Waals surface area contributed by atoms with Crippen molar-refractivity contribution in [3.63, 3.8) is 0 Å². The fraction of sp³-hybridized carbons (Fsp3) is 0.800. The van der Waals surface area contributed by atoms with Crippen LogP contribution in [-0.2, 0) is 4.74 Å². The summed E-state index contributed by atoms with van der Waals surface area (Å²) in [6.07, 6.45) is -0.321. The van der Waals surface area contributed by atoms with Crippen LogP contribution in [0.3, 0.4) is 0 Å². The van der Waals surface area contributed by atoms with Crippen LogP contribution >= 0.6 is 0 Å². The SMILES string of the molecule is CC(C#N)OCCN. The molecule has 0 saturated carbocycles. The van der Waals surface area contributed by atoms with Gasteiger partial charge in [0.2, 0.25) is 0 Å². The Morgan fingerprint density at radius 1 is 1.88 bits per heavy atom. The van der Waals surface area contributed by atoms with Crippen LogP contribution in [0.15, 0.2) is 0 Å². The predicted octanol–water partition coefficient (Wildman–Crippen LogP) is -0.126. The van der Waals surface area contributed by atoms with Crippen molar-refractivity contribution in [3.8, 4) is 6.07 Å². The molecule has 0 aliphatic rings. The third-order valence-electron chi connectivity index (χ3n) is 0.668. The summed E-state index contributed by atoms with van der Waals surface area (Å²) in [5.74, 6) is 0. The van der Waals surface area contributed by atoms with Crippen LogP contribution in [0.5, 0.6) is 0 Å². The van der Waals surface area contributed by atoms with Crippen molar-refractivity contribution >= 4 is 0 Å². The smallest absolute Gasteiger partial charge is 0.141 e. The van der Waals surface area contributed by atoms with Gasteiger partial charge in [0.25, 0.3) is 0 Å². The highest BCUT2D eigenvalue weighted by molar-refractivity contribution is 4.78. The van der Waals surface area contributed by atoms with Crippen LogP contribution in [0, 0.1) is 11.3 Å². The van der Waals surface area contributed by atoms with Crippen LogP contribution < -0.4 is 5.73 Å².